The topological polar surface area (TPSA) is 0 Å². The first-order chi connectivity index (χ1) is 7.30. The van der Waals surface area contributed by atoms with E-state index in [-0.39, 0.29) is 0 Å². The molecule has 3 fully saturated rings. The van der Waals surface area contributed by atoms with Crippen LogP contribution in [0.25, 0.3) is 0 Å². The minimum Gasteiger partial charge on any atom is -0.0848 e. The molecule has 0 N–H and O–H groups in total. The second-order valence-corrected chi connectivity index (χ2v) is 6.97. The second kappa shape index (κ2) is 1.99. The molecule has 0 aromatic rings. The third-order valence-electron chi connectivity index (χ3n) is 6.42. The summed E-state index contributed by atoms with van der Waals surface area (Å²) in [7, 11) is 0. The van der Waals surface area contributed by atoms with Crippen molar-refractivity contribution < 1.29 is 0 Å². The smallest absolute Gasteiger partial charge is 0.00728 e. The predicted molar refractivity (Wildman–Crippen MR) is 60.2 cm³/mol. The zero-order valence-electron chi connectivity index (χ0n) is 9.15. The van der Waals surface area contributed by atoms with Gasteiger partial charge in [-0.15, -0.1) is 0 Å². The standard InChI is InChI=1S/C15H18/c1-3-14-7-10(1)5-12(14)13-6-11-2-4-15(13,8-11)9-14/h1-4,10-13H,5-9H2. The van der Waals surface area contributed by atoms with Crippen LogP contribution in [0.3, 0.4) is 0 Å². The van der Waals surface area contributed by atoms with Gasteiger partial charge in [0.15, 0.2) is 0 Å². The lowest BCUT2D eigenvalue weighted by molar-refractivity contribution is 0.249. The summed E-state index contributed by atoms with van der Waals surface area (Å²) in [5.74, 6) is 4.08. The zero-order valence-corrected chi connectivity index (χ0v) is 9.15. The maximum absolute atomic E-state index is 2.63. The van der Waals surface area contributed by atoms with Gasteiger partial charge in [0, 0.05) is 0 Å². The maximum Gasteiger partial charge on any atom is -0.00728 e. The van der Waals surface area contributed by atoms with Crippen molar-refractivity contribution in [2.24, 2.45) is 34.5 Å². The number of allylic oxidation sites excluding steroid dienone is 4. The van der Waals surface area contributed by atoms with Crippen molar-refractivity contribution >= 4 is 0 Å². The van der Waals surface area contributed by atoms with Crippen molar-refractivity contribution in [2.75, 3.05) is 0 Å². The molecule has 0 nitrogen and oxygen atoms in total. The third-order valence-corrected chi connectivity index (χ3v) is 6.42. The normalized spacial score (nSPS) is 66.7. The van der Waals surface area contributed by atoms with E-state index in [0.717, 1.165) is 23.7 Å². The van der Waals surface area contributed by atoms with Crippen molar-refractivity contribution in [1.82, 2.24) is 0 Å². The molecule has 3 saturated carbocycles. The lowest BCUT2D eigenvalue weighted by Gasteiger charge is -2.29. The SMILES string of the molecule is C1=CC23CC1CC2C1CC2C=CC1(C2)C3. The summed E-state index contributed by atoms with van der Waals surface area (Å²) in [5, 5.41) is 0. The van der Waals surface area contributed by atoms with E-state index in [0.29, 0.717) is 10.8 Å². The van der Waals surface area contributed by atoms with Gasteiger partial charge in [-0.3, -0.25) is 0 Å². The number of hydrogen-bond donors (Lipinski definition) is 0. The minimum absolute atomic E-state index is 0.676. The van der Waals surface area contributed by atoms with Crippen molar-refractivity contribution in [1.29, 1.82) is 0 Å². The van der Waals surface area contributed by atoms with Crippen LogP contribution in [-0.4, -0.2) is 0 Å². The van der Waals surface area contributed by atoms with Crippen LogP contribution in [0.4, 0.5) is 0 Å². The molecule has 5 rings (SSSR count). The molecule has 0 aromatic heterocycles. The van der Waals surface area contributed by atoms with Gasteiger partial charge in [0.25, 0.3) is 0 Å². The number of hydrogen-bond acceptors (Lipinski definition) is 0. The highest BCUT2D eigenvalue weighted by Gasteiger charge is 2.67. The van der Waals surface area contributed by atoms with E-state index >= 15 is 0 Å². The molecule has 0 heteroatoms. The Hall–Kier alpha value is -0.520. The van der Waals surface area contributed by atoms with Crippen molar-refractivity contribution in [3.8, 4) is 0 Å². The van der Waals surface area contributed by atoms with Crippen LogP contribution in [0.2, 0.25) is 0 Å². The Kier molecular flexibility index (Phi) is 1.02. The number of fused-ring (bicyclic) bond motifs is 3. The van der Waals surface area contributed by atoms with E-state index in [1.165, 1.54) is 32.1 Å². The Morgan fingerprint density at radius 1 is 0.800 bits per heavy atom. The van der Waals surface area contributed by atoms with E-state index in [4.69, 9.17) is 0 Å². The van der Waals surface area contributed by atoms with Crippen LogP contribution in [0.1, 0.15) is 32.1 Å². The highest BCUT2D eigenvalue weighted by molar-refractivity contribution is 5.32. The summed E-state index contributed by atoms with van der Waals surface area (Å²) >= 11 is 0. The molecule has 2 spiro atoms. The van der Waals surface area contributed by atoms with Crippen LogP contribution in [0.15, 0.2) is 24.3 Å². The van der Waals surface area contributed by atoms with E-state index in [1.54, 1.807) is 0 Å². The average Bonchev–Trinajstić information content (AvgIpc) is 2.92. The summed E-state index contributed by atoms with van der Waals surface area (Å²) in [5.41, 5.74) is 1.35. The fourth-order valence-corrected chi connectivity index (χ4v) is 6.17. The zero-order chi connectivity index (χ0) is 9.67. The Morgan fingerprint density at radius 2 is 1.33 bits per heavy atom. The molecule has 15 heavy (non-hydrogen) atoms. The van der Waals surface area contributed by atoms with Crippen LogP contribution in [0, 0.1) is 34.5 Å². The molecule has 78 valence electrons. The Balaban J connectivity index is 1.69. The fraction of sp³-hybridized carbons (Fsp3) is 0.733. The highest BCUT2D eigenvalue weighted by atomic mass is 14.7. The molecule has 0 heterocycles. The van der Waals surface area contributed by atoms with Gasteiger partial charge in [-0.25, -0.2) is 0 Å². The molecule has 0 aromatic carbocycles. The molecule has 0 radical (unpaired) electrons. The molecular formula is C15H18. The molecule has 6 unspecified atom stereocenters. The Morgan fingerprint density at radius 3 is 1.80 bits per heavy atom. The van der Waals surface area contributed by atoms with Gasteiger partial charge in [-0.1, -0.05) is 24.3 Å². The minimum atomic E-state index is 0.676. The molecule has 0 saturated heterocycles. The summed E-state index contributed by atoms with van der Waals surface area (Å²) in [6.07, 6.45) is 17.9. The van der Waals surface area contributed by atoms with Gasteiger partial charge in [0.1, 0.15) is 0 Å². The van der Waals surface area contributed by atoms with E-state index in [2.05, 4.69) is 24.3 Å². The lowest BCUT2D eigenvalue weighted by atomic mass is 9.75. The van der Waals surface area contributed by atoms with Crippen LogP contribution in [0.5, 0.6) is 0 Å². The maximum atomic E-state index is 2.63. The Labute approximate surface area is 91.4 Å². The van der Waals surface area contributed by atoms with Crippen molar-refractivity contribution in [3.63, 3.8) is 0 Å². The average molecular weight is 198 g/mol. The fourth-order valence-electron chi connectivity index (χ4n) is 6.17. The number of rotatable bonds is 0. The van der Waals surface area contributed by atoms with Crippen LogP contribution >= 0.6 is 0 Å². The van der Waals surface area contributed by atoms with Gasteiger partial charge < -0.3 is 0 Å². The van der Waals surface area contributed by atoms with Crippen LogP contribution in [-0.2, 0) is 0 Å². The quantitative estimate of drug-likeness (QED) is 0.522. The molecule has 0 amide bonds. The van der Waals surface area contributed by atoms with E-state index in [9.17, 15) is 0 Å². The first kappa shape index (κ1) is 7.70. The van der Waals surface area contributed by atoms with Crippen LogP contribution < -0.4 is 0 Å². The summed E-state index contributed by atoms with van der Waals surface area (Å²) in [6, 6.07) is 0. The monoisotopic (exact) mass is 198 g/mol. The molecule has 6 atom stereocenters. The summed E-state index contributed by atoms with van der Waals surface area (Å²) in [4.78, 5) is 0. The molecule has 5 aliphatic carbocycles. The summed E-state index contributed by atoms with van der Waals surface area (Å²) in [6.45, 7) is 0. The molecule has 5 aliphatic rings. The van der Waals surface area contributed by atoms with Gasteiger partial charge in [0.2, 0.25) is 0 Å². The van der Waals surface area contributed by atoms with Gasteiger partial charge in [0.05, 0.1) is 0 Å². The summed E-state index contributed by atoms with van der Waals surface area (Å²) < 4.78 is 0. The first-order valence-corrected chi connectivity index (χ1v) is 6.69. The second-order valence-electron chi connectivity index (χ2n) is 6.97. The largest absolute Gasteiger partial charge is 0.0848 e. The van der Waals surface area contributed by atoms with Gasteiger partial charge in [-0.05, 0) is 66.6 Å². The molecular weight excluding hydrogens is 180 g/mol. The Bertz CT molecular complexity index is 366. The van der Waals surface area contributed by atoms with E-state index < -0.39 is 0 Å². The highest BCUT2D eigenvalue weighted by Crippen LogP contribution is 2.75. The molecule has 0 aliphatic heterocycles. The van der Waals surface area contributed by atoms with Crippen molar-refractivity contribution in [3.05, 3.63) is 24.3 Å². The van der Waals surface area contributed by atoms with E-state index in [1.807, 2.05) is 0 Å². The van der Waals surface area contributed by atoms with Gasteiger partial charge >= 0.3 is 0 Å². The third kappa shape index (κ3) is 0.670. The predicted octanol–water partition coefficient (Wildman–Crippen LogP) is 3.55. The lowest BCUT2D eigenvalue weighted by Crippen LogP contribution is -2.22. The first-order valence-electron chi connectivity index (χ1n) is 6.69. The van der Waals surface area contributed by atoms with Gasteiger partial charge in [-0.2, -0.15) is 0 Å². The van der Waals surface area contributed by atoms with Crippen molar-refractivity contribution in [2.45, 2.75) is 32.1 Å². The molecule has 4 bridgehead atoms.